The van der Waals surface area contributed by atoms with Crippen LogP contribution in [-0.2, 0) is 0 Å². The van der Waals surface area contributed by atoms with E-state index in [1.54, 1.807) is 0 Å². The number of aliphatic hydroxyl groups excluding tert-OH is 1. The Labute approximate surface area is 127 Å². The van der Waals surface area contributed by atoms with Crippen molar-refractivity contribution in [1.29, 1.82) is 0 Å². The molecule has 1 aromatic rings. The van der Waals surface area contributed by atoms with E-state index in [4.69, 9.17) is 4.74 Å². The Morgan fingerprint density at radius 1 is 1.30 bits per heavy atom. The van der Waals surface area contributed by atoms with Crippen molar-refractivity contribution in [2.24, 2.45) is 0 Å². The summed E-state index contributed by atoms with van der Waals surface area (Å²) >= 11 is 1.82. The van der Waals surface area contributed by atoms with Gasteiger partial charge in [0.15, 0.2) is 0 Å². The zero-order valence-corrected chi connectivity index (χ0v) is 13.8. The van der Waals surface area contributed by atoms with Gasteiger partial charge in [-0.1, -0.05) is 25.1 Å². The third kappa shape index (κ3) is 5.73. The summed E-state index contributed by atoms with van der Waals surface area (Å²) in [5, 5.41) is 13.4. The highest BCUT2D eigenvalue weighted by atomic mass is 32.2. The molecule has 114 valence electrons. The van der Waals surface area contributed by atoms with E-state index in [0.29, 0.717) is 19.2 Å². The SMILES string of the molecule is CCC(CSC)NCC(O)COc1c(C)cccc1C. The summed E-state index contributed by atoms with van der Waals surface area (Å²) in [6.07, 6.45) is 2.70. The van der Waals surface area contributed by atoms with Crippen LogP contribution in [0.4, 0.5) is 0 Å². The van der Waals surface area contributed by atoms with Gasteiger partial charge >= 0.3 is 0 Å². The topological polar surface area (TPSA) is 41.5 Å². The van der Waals surface area contributed by atoms with Gasteiger partial charge in [-0.3, -0.25) is 0 Å². The van der Waals surface area contributed by atoms with Crippen molar-refractivity contribution in [3.8, 4) is 5.75 Å². The molecular weight excluding hydrogens is 270 g/mol. The van der Waals surface area contributed by atoms with Crippen LogP contribution in [0.1, 0.15) is 24.5 Å². The van der Waals surface area contributed by atoms with Crippen LogP contribution in [0.2, 0.25) is 0 Å². The summed E-state index contributed by atoms with van der Waals surface area (Å²) < 4.78 is 5.76. The van der Waals surface area contributed by atoms with Crippen LogP contribution in [0, 0.1) is 13.8 Å². The van der Waals surface area contributed by atoms with Gasteiger partial charge in [0.2, 0.25) is 0 Å². The normalized spacial score (nSPS) is 14.1. The lowest BCUT2D eigenvalue weighted by molar-refractivity contribution is 0.103. The Hall–Kier alpha value is -0.710. The molecule has 0 aliphatic heterocycles. The number of ether oxygens (including phenoxy) is 1. The fourth-order valence-corrected chi connectivity index (χ4v) is 2.85. The Balaban J connectivity index is 2.38. The van der Waals surface area contributed by atoms with Crippen molar-refractivity contribution < 1.29 is 9.84 Å². The third-order valence-electron chi connectivity index (χ3n) is 3.33. The quantitative estimate of drug-likeness (QED) is 0.735. The minimum Gasteiger partial charge on any atom is -0.490 e. The van der Waals surface area contributed by atoms with Gasteiger partial charge in [-0.25, -0.2) is 0 Å². The van der Waals surface area contributed by atoms with Gasteiger partial charge < -0.3 is 15.2 Å². The lowest BCUT2D eigenvalue weighted by Crippen LogP contribution is -2.39. The number of hydrogen-bond acceptors (Lipinski definition) is 4. The number of rotatable bonds is 9. The molecule has 4 heteroatoms. The van der Waals surface area contributed by atoms with Crippen LogP contribution in [0.25, 0.3) is 0 Å². The maximum Gasteiger partial charge on any atom is 0.125 e. The fourth-order valence-electron chi connectivity index (χ4n) is 2.09. The molecule has 2 N–H and O–H groups in total. The Morgan fingerprint density at radius 3 is 2.50 bits per heavy atom. The highest BCUT2D eigenvalue weighted by molar-refractivity contribution is 7.98. The van der Waals surface area contributed by atoms with Gasteiger partial charge in [0.1, 0.15) is 18.5 Å². The molecule has 0 aromatic heterocycles. The largest absolute Gasteiger partial charge is 0.490 e. The molecule has 0 bridgehead atoms. The molecule has 2 unspecified atom stereocenters. The Bertz CT molecular complexity index is 378. The van der Waals surface area contributed by atoms with E-state index in [0.717, 1.165) is 29.1 Å². The highest BCUT2D eigenvalue weighted by Crippen LogP contribution is 2.22. The van der Waals surface area contributed by atoms with E-state index in [2.05, 4.69) is 18.5 Å². The lowest BCUT2D eigenvalue weighted by Gasteiger charge is -2.20. The predicted octanol–water partition coefficient (Wildman–Crippen LogP) is 2.77. The van der Waals surface area contributed by atoms with E-state index >= 15 is 0 Å². The second-order valence-electron chi connectivity index (χ2n) is 5.15. The summed E-state index contributed by atoms with van der Waals surface area (Å²) in [6.45, 7) is 7.11. The van der Waals surface area contributed by atoms with E-state index < -0.39 is 6.10 Å². The van der Waals surface area contributed by atoms with Crippen molar-refractivity contribution in [2.45, 2.75) is 39.3 Å². The van der Waals surface area contributed by atoms with E-state index in [-0.39, 0.29) is 0 Å². The first kappa shape index (κ1) is 17.3. The first-order valence-electron chi connectivity index (χ1n) is 7.17. The van der Waals surface area contributed by atoms with Gasteiger partial charge in [-0.15, -0.1) is 0 Å². The monoisotopic (exact) mass is 297 g/mol. The molecule has 1 rings (SSSR count). The maximum absolute atomic E-state index is 10.0. The van der Waals surface area contributed by atoms with Gasteiger partial charge in [0, 0.05) is 18.3 Å². The number of hydrogen-bond donors (Lipinski definition) is 2. The molecular formula is C16H27NO2S. The minimum absolute atomic E-state index is 0.328. The second kappa shape index (κ2) is 9.27. The first-order valence-corrected chi connectivity index (χ1v) is 8.57. The Kier molecular flexibility index (Phi) is 8.04. The number of benzene rings is 1. The smallest absolute Gasteiger partial charge is 0.125 e. The molecule has 0 heterocycles. The lowest BCUT2D eigenvalue weighted by atomic mass is 10.1. The first-order chi connectivity index (χ1) is 9.58. The van der Waals surface area contributed by atoms with Crippen LogP contribution in [0.3, 0.4) is 0 Å². The van der Waals surface area contributed by atoms with Gasteiger partial charge in [-0.2, -0.15) is 11.8 Å². The van der Waals surface area contributed by atoms with Gasteiger partial charge in [0.25, 0.3) is 0 Å². The van der Waals surface area contributed by atoms with Crippen molar-refractivity contribution in [2.75, 3.05) is 25.2 Å². The standard InChI is InChI=1S/C16H27NO2S/c1-5-14(11-20-4)17-9-15(18)10-19-16-12(2)7-6-8-13(16)3/h6-8,14-15,17-18H,5,9-11H2,1-4H3. The maximum atomic E-state index is 10.0. The molecule has 0 saturated carbocycles. The zero-order valence-electron chi connectivity index (χ0n) is 13.0. The van der Waals surface area contributed by atoms with Crippen LogP contribution >= 0.6 is 11.8 Å². The summed E-state index contributed by atoms with van der Waals surface area (Å²) in [4.78, 5) is 0. The van der Waals surface area contributed by atoms with E-state index in [9.17, 15) is 5.11 Å². The molecule has 0 amide bonds. The summed E-state index contributed by atoms with van der Waals surface area (Å²) in [7, 11) is 0. The molecule has 0 radical (unpaired) electrons. The average Bonchev–Trinajstić information content (AvgIpc) is 2.42. The zero-order chi connectivity index (χ0) is 15.0. The molecule has 0 fully saturated rings. The third-order valence-corrected chi connectivity index (χ3v) is 4.07. The predicted molar refractivity (Wildman–Crippen MR) is 87.9 cm³/mol. The number of nitrogens with one attached hydrogen (secondary N) is 1. The number of thioether (sulfide) groups is 1. The molecule has 0 saturated heterocycles. The fraction of sp³-hybridized carbons (Fsp3) is 0.625. The van der Waals surface area contributed by atoms with Crippen LogP contribution in [-0.4, -0.2) is 42.4 Å². The van der Waals surface area contributed by atoms with Crippen molar-refractivity contribution in [3.63, 3.8) is 0 Å². The molecule has 1 aromatic carbocycles. The van der Waals surface area contributed by atoms with Crippen LogP contribution in [0.5, 0.6) is 5.75 Å². The molecule has 0 aliphatic rings. The summed E-state index contributed by atoms with van der Waals surface area (Å²) in [5.74, 6) is 1.96. The molecule has 2 atom stereocenters. The van der Waals surface area contributed by atoms with E-state index in [1.807, 2.05) is 43.8 Å². The number of aryl methyl sites for hydroxylation is 2. The summed E-state index contributed by atoms with van der Waals surface area (Å²) in [5.41, 5.74) is 2.22. The summed E-state index contributed by atoms with van der Waals surface area (Å²) in [6, 6.07) is 6.53. The highest BCUT2D eigenvalue weighted by Gasteiger charge is 2.11. The Morgan fingerprint density at radius 2 is 1.95 bits per heavy atom. The minimum atomic E-state index is -0.482. The molecule has 0 spiro atoms. The average molecular weight is 297 g/mol. The van der Waals surface area contributed by atoms with Crippen LogP contribution < -0.4 is 10.1 Å². The van der Waals surface area contributed by atoms with Crippen molar-refractivity contribution >= 4 is 11.8 Å². The van der Waals surface area contributed by atoms with E-state index in [1.165, 1.54) is 0 Å². The van der Waals surface area contributed by atoms with Crippen molar-refractivity contribution in [3.05, 3.63) is 29.3 Å². The van der Waals surface area contributed by atoms with Crippen LogP contribution in [0.15, 0.2) is 18.2 Å². The second-order valence-corrected chi connectivity index (χ2v) is 6.07. The van der Waals surface area contributed by atoms with Gasteiger partial charge in [-0.05, 0) is 37.7 Å². The van der Waals surface area contributed by atoms with Crippen molar-refractivity contribution in [1.82, 2.24) is 5.32 Å². The molecule has 20 heavy (non-hydrogen) atoms. The number of aliphatic hydroxyl groups is 1. The molecule has 3 nitrogen and oxygen atoms in total. The van der Waals surface area contributed by atoms with Gasteiger partial charge in [0.05, 0.1) is 0 Å². The molecule has 0 aliphatic carbocycles. The number of para-hydroxylation sites is 1.